The van der Waals surface area contributed by atoms with Crippen LogP contribution >= 0.6 is 11.3 Å². The highest BCUT2D eigenvalue weighted by molar-refractivity contribution is 7.13. The maximum Gasteiger partial charge on any atom is 0.230 e. The maximum atomic E-state index is 12.6. The van der Waals surface area contributed by atoms with Crippen LogP contribution in [0.5, 0.6) is 0 Å². The molecule has 1 saturated heterocycles. The highest BCUT2D eigenvalue weighted by atomic mass is 32.1. The van der Waals surface area contributed by atoms with Crippen LogP contribution < -0.4 is 10.2 Å². The fourth-order valence-corrected chi connectivity index (χ4v) is 3.84. The van der Waals surface area contributed by atoms with E-state index >= 15 is 0 Å². The number of nitrogens with one attached hydrogen (secondary N) is 1. The van der Waals surface area contributed by atoms with Crippen molar-refractivity contribution in [2.75, 3.05) is 36.5 Å². The number of pyridine rings is 1. The molecule has 0 saturated carbocycles. The third-order valence-electron chi connectivity index (χ3n) is 4.33. The van der Waals surface area contributed by atoms with E-state index in [0.717, 1.165) is 40.7 Å². The molecule has 0 radical (unpaired) electrons. The van der Waals surface area contributed by atoms with E-state index in [2.05, 4.69) is 20.2 Å². The van der Waals surface area contributed by atoms with Gasteiger partial charge >= 0.3 is 0 Å². The summed E-state index contributed by atoms with van der Waals surface area (Å²) >= 11 is 1.52. The Kier molecular flexibility index (Phi) is 5.41. The van der Waals surface area contributed by atoms with Gasteiger partial charge in [0.05, 0.1) is 36.7 Å². The Labute approximate surface area is 161 Å². The molecular weight excluding hydrogens is 360 g/mol. The van der Waals surface area contributed by atoms with Gasteiger partial charge in [-0.2, -0.15) is 0 Å². The van der Waals surface area contributed by atoms with Gasteiger partial charge in [0.1, 0.15) is 5.01 Å². The van der Waals surface area contributed by atoms with E-state index in [-0.39, 0.29) is 12.3 Å². The van der Waals surface area contributed by atoms with Gasteiger partial charge in [0.25, 0.3) is 0 Å². The van der Waals surface area contributed by atoms with Crippen LogP contribution in [0.25, 0.3) is 10.6 Å². The number of rotatable bonds is 5. The molecule has 6 nitrogen and oxygen atoms in total. The Morgan fingerprint density at radius 1 is 1.19 bits per heavy atom. The molecule has 1 aliphatic rings. The van der Waals surface area contributed by atoms with Gasteiger partial charge in [0.15, 0.2) is 0 Å². The van der Waals surface area contributed by atoms with Crippen molar-refractivity contribution < 1.29 is 9.53 Å². The monoisotopic (exact) mass is 380 g/mol. The van der Waals surface area contributed by atoms with Gasteiger partial charge in [-0.3, -0.25) is 9.78 Å². The summed E-state index contributed by atoms with van der Waals surface area (Å²) in [5.74, 6) is -0.0706. The normalized spacial score (nSPS) is 14.1. The molecule has 7 heteroatoms. The van der Waals surface area contributed by atoms with Crippen molar-refractivity contribution >= 4 is 28.6 Å². The topological polar surface area (TPSA) is 67.4 Å². The van der Waals surface area contributed by atoms with E-state index in [1.165, 1.54) is 11.3 Å². The molecule has 27 heavy (non-hydrogen) atoms. The number of thiazole rings is 1. The molecule has 138 valence electrons. The predicted octanol–water partition coefficient (Wildman–Crippen LogP) is 3.22. The van der Waals surface area contributed by atoms with Gasteiger partial charge in [0.2, 0.25) is 5.91 Å². The highest BCUT2D eigenvalue weighted by Crippen LogP contribution is 2.27. The van der Waals surface area contributed by atoms with Gasteiger partial charge in [-0.25, -0.2) is 4.98 Å². The molecule has 2 aromatic heterocycles. The van der Waals surface area contributed by atoms with E-state index in [0.29, 0.717) is 13.2 Å². The number of nitrogens with zero attached hydrogens (tertiary/aromatic N) is 3. The lowest BCUT2D eigenvalue weighted by Crippen LogP contribution is -2.36. The molecule has 3 heterocycles. The molecular formula is C20H20N4O2S. The fourth-order valence-electron chi connectivity index (χ4n) is 3.03. The van der Waals surface area contributed by atoms with Crippen LogP contribution in [-0.2, 0) is 16.0 Å². The number of anilines is 2. The zero-order chi connectivity index (χ0) is 18.5. The van der Waals surface area contributed by atoms with E-state index in [4.69, 9.17) is 4.74 Å². The number of morpholine rings is 1. The third-order valence-corrected chi connectivity index (χ3v) is 5.27. The van der Waals surface area contributed by atoms with Crippen molar-refractivity contribution in [3.8, 4) is 10.6 Å². The maximum absolute atomic E-state index is 12.6. The van der Waals surface area contributed by atoms with E-state index in [9.17, 15) is 4.79 Å². The van der Waals surface area contributed by atoms with Crippen molar-refractivity contribution in [1.82, 2.24) is 9.97 Å². The van der Waals surface area contributed by atoms with Crippen LogP contribution in [0.1, 0.15) is 5.69 Å². The summed E-state index contributed by atoms with van der Waals surface area (Å²) < 4.78 is 5.42. The molecule has 1 aliphatic heterocycles. The summed E-state index contributed by atoms with van der Waals surface area (Å²) in [7, 11) is 0. The first-order valence-electron chi connectivity index (χ1n) is 8.86. The molecule has 3 aromatic rings. The lowest BCUT2D eigenvalue weighted by Gasteiger charge is -2.30. The van der Waals surface area contributed by atoms with Crippen molar-refractivity contribution in [3.63, 3.8) is 0 Å². The summed E-state index contributed by atoms with van der Waals surface area (Å²) in [4.78, 5) is 23.5. The van der Waals surface area contributed by atoms with Crippen molar-refractivity contribution in [2.45, 2.75) is 6.42 Å². The number of amides is 1. The largest absolute Gasteiger partial charge is 0.378 e. The zero-order valence-electron chi connectivity index (χ0n) is 14.8. The van der Waals surface area contributed by atoms with Crippen LogP contribution in [0.2, 0.25) is 0 Å². The van der Waals surface area contributed by atoms with Crippen LogP contribution in [0.3, 0.4) is 0 Å². The summed E-state index contributed by atoms with van der Waals surface area (Å²) in [5, 5.41) is 5.84. The van der Waals surface area contributed by atoms with Crippen LogP contribution in [0.4, 0.5) is 11.4 Å². The average molecular weight is 380 g/mol. The Bertz CT molecular complexity index is 907. The lowest BCUT2D eigenvalue weighted by molar-refractivity contribution is -0.115. The number of aromatic nitrogens is 2. The Balaban J connectivity index is 1.44. The SMILES string of the molecule is O=C(Cc1csc(-c2cccnc2)n1)Nc1ccccc1N1CCOCC1. The molecule has 1 amide bonds. The second-order valence-corrected chi connectivity index (χ2v) is 7.09. The smallest absolute Gasteiger partial charge is 0.230 e. The molecule has 0 bridgehead atoms. The van der Waals surface area contributed by atoms with Crippen LogP contribution in [-0.4, -0.2) is 42.2 Å². The second-order valence-electron chi connectivity index (χ2n) is 6.23. The molecule has 0 unspecified atom stereocenters. The second kappa shape index (κ2) is 8.28. The summed E-state index contributed by atoms with van der Waals surface area (Å²) in [6, 6.07) is 11.7. The van der Waals surface area contributed by atoms with Crippen molar-refractivity contribution in [1.29, 1.82) is 0 Å². The molecule has 1 N–H and O–H groups in total. The van der Waals surface area contributed by atoms with Gasteiger partial charge in [-0.1, -0.05) is 12.1 Å². The molecule has 1 aromatic carbocycles. The number of ether oxygens (including phenoxy) is 1. The van der Waals surface area contributed by atoms with Crippen LogP contribution in [0.15, 0.2) is 54.2 Å². The van der Waals surface area contributed by atoms with Gasteiger partial charge in [-0.05, 0) is 24.3 Å². The number of para-hydroxylation sites is 2. The first-order chi connectivity index (χ1) is 13.3. The van der Waals surface area contributed by atoms with E-state index in [1.807, 2.05) is 41.8 Å². The molecule has 0 atom stereocenters. The molecule has 0 spiro atoms. The van der Waals surface area contributed by atoms with Crippen molar-refractivity contribution in [2.24, 2.45) is 0 Å². The first kappa shape index (κ1) is 17.6. The van der Waals surface area contributed by atoms with Crippen LogP contribution in [0, 0.1) is 0 Å². The van der Waals surface area contributed by atoms with E-state index < -0.39 is 0 Å². The predicted molar refractivity (Wildman–Crippen MR) is 107 cm³/mol. The Morgan fingerprint density at radius 3 is 2.85 bits per heavy atom. The minimum absolute atomic E-state index is 0.0706. The summed E-state index contributed by atoms with van der Waals surface area (Å²) in [5.41, 5.74) is 3.59. The molecule has 4 rings (SSSR count). The standard InChI is InChI=1S/C20H20N4O2S/c25-19(12-16-14-27-20(22-16)15-4-3-7-21-13-15)23-17-5-1-2-6-18(17)24-8-10-26-11-9-24/h1-7,13-14H,8-12H2,(H,23,25). The fraction of sp³-hybridized carbons (Fsp3) is 0.250. The minimum atomic E-state index is -0.0706. The number of carbonyl (C=O) groups excluding carboxylic acids is 1. The molecule has 0 aliphatic carbocycles. The first-order valence-corrected chi connectivity index (χ1v) is 9.74. The van der Waals surface area contributed by atoms with Crippen molar-refractivity contribution in [3.05, 3.63) is 59.9 Å². The van der Waals surface area contributed by atoms with Gasteiger partial charge in [-0.15, -0.1) is 11.3 Å². The zero-order valence-corrected chi connectivity index (χ0v) is 15.6. The Hall–Kier alpha value is -2.77. The average Bonchev–Trinajstić information content (AvgIpc) is 3.18. The summed E-state index contributed by atoms with van der Waals surface area (Å²) in [6.07, 6.45) is 3.76. The number of hydrogen-bond acceptors (Lipinski definition) is 6. The van der Waals surface area contributed by atoms with E-state index in [1.54, 1.807) is 12.4 Å². The minimum Gasteiger partial charge on any atom is -0.378 e. The number of hydrogen-bond donors (Lipinski definition) is 1. The quantitative estimate of drug-likeness (QED) is 0.736. The van der Waals surface area contributed by atoms with Gasteiger partial charge < -0.3 is 15.0 Å². The summed E-state index contributed by atoms with van der Waals surface area (Å²) in [6.45, 7) is 3.07. The third kappa shape index (κ3) is 4.32. The van der Waals surface area contributed by atoms with Gasteiger partial charge in [0, 0.05) is 36.4 Å². The highest BCUT2D eigenvalue weighted by Gasteiger charge is 2.16. The Morgan fingerprint density at radius 2 is 2.04 bits per heavy atom. The lowest BCUT2D eigenvalue weighted by atomic mass is 10.2. The molecule has 1 fully saturated rings. The number of benzene rings is 1. The number of carbonyl (C=O) groups is 1.